The zero-order valence-corrected chi connectivity index (χ0v) is 13.3. The Balaban J connectivity index is 0.000001000. The van der Waals surface area contributed by atoms with Gasteiger partial charge >= 0.3 is 0 Å². The molecule has 0 aromatic carbocycles. The number of aryl methyl sites for hydroxylation is 1. The SMILES string of the molecule is Cl.Cl.Cn1cc(CC(=O)N2C3CCNCC2CC3)cn1. The number of carbonyl (C=O) groups is 1. The highest BCUT2D eigenvalue weighted by atomic mass is 35.5. The summed E-state index contributed by atoms with van der Waals surface area (Å²) in [7, 11) is 1.88. The highest BCUT2D eigenvalue weighted by molar-refractivity contribution is 5.85. The normalized spacial score (nSPS) is 24.6. The van der Waals surface area contributed by atoms with Gasteiger partial charge in [0.15, 0.2) is 0 Å². The summed E-state index contributed by atoms with van der Waals surface area (Å²) in [5.74, 6) is 0.263. The average molecular weight is 321 g/mol. The number of hydrogen-bond donors (Lipinski definition) is 1. The lowest BCUT2D eigenvalue weighted by molar-refractivity contribution is -0.133. The second-order valence-corrected chi connectivity index (χ2v) is 5.38. The summed E-state index contributed by atoms with van der Waals surface area (Å²) in [5.41, 5.74) is 1.01. The largest absolute Gasteiger partial charge is 0.335 e. The van der Waals surface area contributed by atoms with E-state index in [0.717, 1.165) is 31.5 Å². The number of carbonyl (C=O) groups excluding carboxylic acids is 1. The van der Waals surface area contributed by atoms with E-state index < -0.39 is 0 Å². The van der Waals surface area contributed by atoms with Gasteiger partial charge in [0.05, 0.1) is 12.6 Å². The third-order valence-electron chi connectivity index (χ3n) is 4.06. The van der Waals surface area contributed by atoms with E-state index in [1.165, 1.54) is 6.42 Å². The highest BCUT2D eigenvalue weighted by Crippen LogP contribution is 2.28. The van der Waals surface area contributed by atoms with Crippen molar-refractivity contribution < 1.29 is 4.79 Å². The predicted octanol–water partition coefficient (Wildman–Crippen LogP) is 1.16. The molecule has 0 radical (unpaired) electrons. The Bertz CT molecular complexity index is 437. The minimum atomic E-state index is 0. The number of nitrogens with zero attached hydrogens (tertiary/aromatic N) is 3. The van der Waals surface area contributed by atoms with Crippen molar-refractivity contribution in [1.29, 1.82) is 0 Å². The Labute approximate surface area is 131 Å². The predicted molar refractivity (Wildman–Crippen MR) is 82.6 cm³/mol. The van der Waals surface area contributed by atoms with Crippen LogP contribution in [0, 0.1) is 0 Å². The molecule has 2 aliphatic rings. The molecule has 2 aliphatic heterocycles. The second-order valence-electron chi connectivity index (χ2n) is 5.38. The van der Waals surface area contributed by atoms with E-state index in [1.807, 2.05) is 13.2 Å². The molecule has 1 aromatic heterocycles. The summed E-state index contributed by atoms with van der Waals surface area (Å²) in [6.45, 7) is 1.99. The molecule has 2 fully saturated rings. The molecule has 2 atom stereocenters. The smallest absolute Gasteiger partial charge is 0.227 e. The molecule has 0 aliphatic carbocycles. The van der Waals surface area contributed by atoms with Crippen LogP contribution in [0.2, 0.25) is 0 Å². The van der Waals surface area contributed by atoms with Gasteiger partial charge in [0, 0.05) is 31.9 Å². The van der Waals surface area contributed by atoms with Gasteiger partial charge in [-0.1, -0.05) is 0 Å². The Kier molecular flexibility index (Phi) is 6.30. The van der Waals surface area contributed by atoms with Crippen molar-refractivity contribution in [2.24, 2.45) is 7.05 Å². The van der Waals surface area contributed by atoms with Gasteiger partial charge in [-0.25, -0.2) is 0 Å². The monoisotopic (exact) mass is 320 g/mol. The first-order valence-corrected chi connectivity index (χ1v) is 6.73. The van der Waals surface area contributed by atoms with Crippen molar-refractivity contribution in [3.05, 3.63) is 18.0 Å². The van der Waals surface area contributed by atoms with E-state index in [1.54, 1.807) is 10.9 Å². The quantitative estimate of drug-likeness (QED) is 0.889. The second kappa shape index (κ2) is 7.29. The topological polar surface area (TPSA) is 50.2 Å². The van der Waals surface area contributed by atoms with Crippen LogP contribution in [-0.2, 0) is 18.3 Å². The van der Waals surface area contributed by atoms with Gasteiger partial charge in [-0.2, -0.15) is 5.10 Å². The summed E-state index contributed by atoms with van der Waals surface area (Å²) in [4.78, 5) is 14.6. The van der Waals surface area contributed by atoms with Crippen molar-refractivity contribution in [3.63, 3.8) is 0 Å². The molecule has 2 saturated heterocycles. The first-order chi connectivity index (χ1) is 8.74. The standard InChI is InChI=1S/C13H20N4O.2ClH/c1-16-9-10(7-15-16)6-13(18)17-11-2-3-12(17)8-14-5-4-11;;/h7,9,11-12,14H,2-6,8H2,1H3;2*1H. The molecule has 0 spiro atoms. The average Bonchev–Trinajstić information content (AvgIpc) is 2.81. The highest BCUT2D eigenvalue weighted by Gasteiger charge is 2.37. The van der Waals surface area contributed by atoms with E-state index in [9.17, 15) is 4.79 Å². The number of fused-ring (bicyclic) bond motifs is 2. The first-order valence-electron chi connectivity index (χ1n) is 6.73. The Morgan fingerprint density at radius 1 is 1.35 bits per heavy atom. The van der Waals surface area contributed by atoms with Gasteiger partial charge in [0.2, 0.25) is 5.91 Å². The van der Waals surface area contributed by atoms with Crippen LogP contribution in [0.25, 0.3) is 0 Å². The van der Waals surface area contributed by atoms with Crippen molar-refractivity contribution >= 4 is 30.7 Å². The molecule has 1 aromatic rings. The van der Waals surface area contributed by atoms with E-state index in [-0.39, 0.29) is 30.7 Å². The lowest BCUT2D eigenvalue weighted by Crippen LogP contribution is -2.43. The van der Waals surface area contributed by atoms with Gasteiger partial charge in [0.1, 0.15) is 0 Å². The van der Waals surface area contributed by atoms with Crippen LogP contribution in [0.3, 0.4) is 0 Å². The molecule has 2 bridgehead atoms. The number of amides is 1. The first kappa shape index (κ1) is 17.3. The minimum Gasteiger partial charge on any atom is -0.335 e. The van der Waals surface area contributed by atoms with E-state index in [4.69, 9.17) is 0 Å². The molecule has 20 heavy (non-hydrogen) atoms. The van der Waals surface area contributed by atoms with Crippen molar-refractivity contribution in [2.75, 3.05) is 13.1 Å². The zero-order valence-electron chi connectivity index (χ0n) is 11.6. The number of rotatable bonds is 2. The Hall–Kier alpha value is -0.780. The molecule has 2 unspecified atom stereocenters. The summed E-state index contributed by atoms with van der Waals surface area (Å²) in [5, 5.41) is 7.54. The fourth-order valence-corrected chi connectivity index (χ4v) is 3.22. The summed E-state index contributed by atoms with van der Waals surface area (Å²) in [6.07, 6.45) is 7.61. The van der Waals surface area contributed by atoms with Crippen LogP contribution in [0.1, 0.15) is 24.8 Å². The molecule has 1 N–H and O–H groups in total. The van der Waals surface area contributed by atoms with Crippen LogP contribution < -0.4 is 5.32 Å². The molecule has 0 saturated carbocycles. The molecule has 3 rings (SSSR count). The van der Waals surface area contributed by atoms with E-state index in [0.29, 0.717) is 18.5 Å². The minimum absolute atomic E-state index is 0. The lowest BCUT2D eigenvalue weighted by Gasteiger charge is -2.27. The maximum absolute atomic E-state index is 12.5. The van der Waals surface area contributed by atoms with Crippen LogP contribution >= 0.6 is 24.8 Å². The van der Waals surface area contributed by atoms with Gasteiger partial charge in [-0.3, -0.25) is 9.48 Å². The molecule has 7 heteroatoms. The van der Waals surface area contributed by atoms with Gasteiger partial charge in [-0.15, -0.1) is 24.8 Å². The molecule has 1 amide bonds. The van der Waals surface area contributed by atoms with E-state index in [2.05, 4.69) is 15.3 Å². The van der Waals surface area contributed by atoms with Gasteiger partial charge in [0.25, 0.3) is 0 Å². The molecule has 3 heterocycles. The fourth-order valence-electron chi connectivity index (χ4n) is 3.22. The summed E-state index contributed by atoms with van der Waals surface area (Å²) < 4.78 is 1.75. The number of hydrogen-bond acceptors (Lipinski definition) is 3. The maximum atomic E-state index is 12.5. The van der Waals surface area contributed by atoms with Crippen LogP contribution in [0.15, 0.2) is 12.4 Å². The number of aromatic nitrogens is 2. The zero-order chi connectivity index (χ0) is 12.5. The molecular formula is C13H22Cl2N4O. The fraction of sp³-hybridized carbons (Fsp3) is 0.692. The Morgan fingerprint density at radius 3 is 2.80 bits per heavy atom. The summed E-state index contributed by atoms with van der Waals surface area (Å²) >= 11 is 0. The van der Waals surface area contributed by atoms with Gasteiger partial charge < -0.3 is 10.2 Å². The summed E-state index contributed by atoms with van der Waals surface area (Å²) in [6, 6.07) is 0.857. The lowest BCUT2D eigenvalue weighted by atomic mass is 10.1. The van der Waals surface area contributed by atoms with Crippen LogP contribution in [0.4, 0.5) is 0 Å². The molecular weight excluding hydrogens is 299 g/mol. The van der Waals surface area contributed by atoms with Crippen LogP contribution in [-0.4, -0.2) is 45.8 Å². The van der Waals surface area contributed by atoms with E-state index >= 15 is 0 Å². The molecule has 114 valence electrons. The molecule has 5 nitrogen and oxygen atoms in total. The van der Waals surface area contributed by atoms with Gasteiger partial charge in [-0.05, 0) is 31.4 Å². The van der Waals surface area contributed by atoms with Crippen molar-refractivity contribution in [2.45, 2.75) is 37.8 Å². The third-order valence-corrected chi connectivity index (χ3v) is 4.06. The maximum Gasteiger partial charge on any atom is 0.227 e. The number of halogens is 2. The number of nitrogens with one attached hydrogen (secondary N) is 1. The van der Waals surface area contributed by atoms with Crippen molar-refractivity contribution in [3.8, 4) is 0 Å². The Morgan fingerprint density at radius 2 is 2.10 bits per heavy atom. The van der Waals surface area contributed by atoms with Crippen LogP contribution in [0.5, 0.6) is 0 Å². The third kappa shape index (κ3) is 3.45. The van der Waals surface area contributed by atoms with Crippen molar-refractivity contribution in [1.82, 2.24) is 20.0 Å².